The SMILES string of the molecule is Cc1ccc(C#N)c(Oc2ccccc2I)c1. The van der Waals surface area contributed by atoms with Crippen LogP contribution in [0.1, 0.15) is 11.1 Å². The molecule has 0 bridgehead atoms. The van der Waals surface area contributed by atoms with Crippen molar-refractivity contribution >= 4 is 22.6 Å². The molecule has 0 spiro atoms. The number of rotatable bonds is 2. The minimum absolute atomic E-state index is 0.551. The van der Waals surface area contributed by atoms with Gasteiger partial charge in [0.25, 0.3) is 0 Å². The maximum absolute atomic E-state index is 9.02. The zero-order valence-corrected chi connectivity index (χ0v) is 11.4. The monoisotopic (exact) mass is 335 g/mol. The van der Waals surface area contributed by atoms with Crippen molar-refractivity contribution in [2.75, 3.05) is 0 Å². The lowest BCUT2D eigenvalue weighted by atomic mass is 10.1. The first-order valence-electron chi connectivity index (χ1n) is 5.14. The molecule has 2 nitrogen and oxygen atoms in total. The quantitative estimate of drug-likeness (QED) is 0.768. The number of hydrogen-bond acceptors (Lipinski definition) is 2. The van der Waals surface area contributed by atoms with Crippen LogP contribution in [0.3, 0.4) is 0 Å². The largest absolute Gasteiger partial charge is 0.455 e. The van der Waals surface area contributed by atoms with E-state index in [2.05, 4.69) is 28.7 Å². The maximum atomic E-state index is 9.02. The van der Waals surface area contributed by atoms with Gasteiger partial charge < -0.3 is 4.74 Å². The highest BCUT2D eigenvalue weighted by molar-refractivity contribution is 14.1. The summed E-state index contributed by atoms with van der Waals surface area (Å²) >= 11 is 2.21. The van der Waals surface area contributed by atoms with Gasteiger partial charge in [-0.1, -0.05) is 18.2 Å². The van der Waals surface area contributed by atoms with E-state index in [1.54, 1.807) is 6.07 Å². The van der Waals surface area contributed by atoms with Crippen molar-refractivity contribution in [1.82, 2.24) is 0 Å². The normalized spacial score (nSPS) is 9.71. The molecule has 0 saturated carbocycles. The number of nitrogens with zero attached hydrogens (tertiary/aromatic N) is 1. The van der Waals surface area contributed by atoms with Crippen LogP contribution in [0, 0.1) is 21.8 Å². The summed E-state index contributed by atoms with van der Waals surface area (Å²) in [5.41, 5.74) is 1.63. The van der Waals surface area contributed by atoms with Crippen LogP contribution in [0.4, 0.5) is 0 Å². The Morgan fingerprint density at radius 1 is 1.12 bits per heavy atom. The van der Waals surface area contributed by atoms with Gasteiger partial charge >= 0.3 is 0 Å². The standard InChI is InChI=1S/C14H10INO/c1-10-6-7-11(9-16)14(8-10)17-13-5-3-2-4-12(13)15/h2-8H,1H3. The summed E-state index contributed by atoms with van der Waals surface area (Å²) in [7, 11) is 0. The van der Waals surface area contributed by atoms with E-state index in [0.29, 0.717) is 11.3 Å². The number of benzene rings is 2. The summed E-state index contributed by atoms with van der Waals surface area (Å²) in [6.45, 7) is 1.98. The van der Waals surface area contributed by atoms with Gasteiger partial charge in [-0.2, -0.15) is 5.26 Å². The Labute approximate surface area is 114 Å². The lowest BCUT2D eigenvalue weighted by molar-refractivity contribution is 0.477. The molecular formula is C14H10INO. The number of aryl methyl sites for hydroxylation is 1. The number of halogens is 1. The van der Waals surface area contributed by atoms with E-state index in [9.17, 15) is 0 Å². The third-order valence-electron chi connectivity index (χ3n) is 2.31. The van der Waals surface area contributed by atoms with Gasteiger partial charge in [0.2, 0.25) is 0 Å². The van der Waals surface area contributed by atoms with Crippen LogP contribution < -0.4 is 4.74 Å². The topological polar surface area (TPSA) is 33.0 Å². The molecule has 84 valence electrons. The molecule has 0 aromatic heterocycles. The van der Waals surface area contributed by atoms with Gasteiger partial charge in [0.05, 0.1) is 9.13 Å². The van der Waals surface area contributed by atoms with E-state index >= 15 is 0 Å². The highest BCUT2D eigenvalue weighted by atomic mass is 127. The molecule has 0 unspecified atom stereocenters. The second-order valence-electron chi connectivity index (χ2n) is 3.64. The Bertz CT molecular complexity index is 587. The molecule has 0 saturated heterocycles. The molecule has 0 radical (unpaired) electrons. The van der Waals surface area contributed by atoms with E-state index in [4.69, 9.17) is 10.00 Å². The maximum Gasteiger partial charge on any atom is 0.145 e. The Balaban J connectivity index is 2.40. The first-order valence-corrected chi connectivity index (χ1v) is 6.21. The summed E-state index contributed by atoms with van der Waals surface area (Å²) in [6, 6.07) is 15.4. The van der Waals surface area contributed by atoms with Crippen LogP contribution in [0.15, 0.2) is 42.5 Å². The van der Waals surface area contributed by atoms with Gasteiger partial charge in [0.1, 0.15) is 17.6 Å². The minimum Gasteiger partial charge on any atom is -0.455 e. The predicted octanol–water partition coefficient (Wildman–Crippen LogP) is 4.26. The van der Waals surface area contributed by atoms with Crippen LogP contribution in [0.25, 0.3) is 0 Å². The van der Waals surface area contributed by atoms with E-state index in [0.717, 1.165) is 14.9 Å². The second-order valence-corrected chi connectivity index (χ2v) is 4.81. The fourth-order valence-electron chi connectivity index (χ4n) is 1.45. The van der Waals surface area contributed by atoms with Crippen molar-refractivity contribution < 1.29 is 4.74 Å². The Morgan fingerprint density at radius 2 is 1.88 bits per heavy atom. The van der Waals surface area contributed by atoms with Gasteiger partial charge in [-0.05, 0) is 59.3 Å². The number of nitriles is 1. The number of hydrogen-bond donors (Lipinski definition) is 0. The summed E-state index contributed by atoms with van der Waals surface area (Å²) < 4.78 is 6.81. The van der Waals surface area contributed by atoms with E-state index in [1.165, 1.54) is 0 Å². The molecule has 0 aliphatic carbocycles. The third kappa shape index (κ3) is 2.77. The molecule has 0 amide bonds. The van der Waals surface area contributed by atoms with Gasteiger partial charge in [-0.3, -0.25) is 0 Å². The number of ether oxygens (including phenoxy) is 1. The van der Waals surface area contributed by atoms with Crippen LogP contribution in [0.5, 0.6) is 11.5 Å². The van der Waals surface area contributed by atoms with Gasteiger partial charge in [-0.25, -0.2) is 0 Å². The average molecular weight is 335 g/mol. The van der Waals surface area contributed by atoms with Gasteiger partial charge in [0, 0.05) is 0 Å². The molecule has 17 heavy (non-hydrogen) atoms. The zero-order valence-electron chi connectivity index (χ0n) is 9.27. The fraction of sp³-hybridized carbons (Fsp3) is 0.0714. The van der Waals surface area contributed by atoms with Gasteiger partial charge in [0.15, 0.2) is 0 Å². The zero-order chi connectivity index (χ0) is 12.3. The molecule has 0 N–H and O–H groups in total. The highest BCUT2D eigenvalue weighted by Gasteiger charge is 2.06. The molecule has 0 heterocycles. The Hall–Kier alpha value is -1.54. The minimum atomic E-state index is 0.551. The molecule has 0 fully saturated rings. The van der Waals surface area contributed by atoms with Crippen LogP contribution >= 0.6 is 22.6 Å². The Kier molecular flexibility index (Phi) is 3.64. The third-order valence-corrected chi connectivity index (χ3v) is 3.21. The first kappa shape index (κ1) is 11.9. The molecule has 2 aromatic carbocycles. The van der Waals surface area contributed by atoms with Crippen LogP contribution in [0.2, 0.25) is 0 Å². The van der Waals surface area contributed by atoms with Gasteiger partial charge in [-0.15, -0.1) is 0 Å². The summed E-state index contributed by atoms with van der Waals surface area (Å²) in [4.78, 5) is 0. The van der Waals surface area contributed by atoms with E-state index in [1.807, 2.05) is 43.3 Å². The van der Waals surface area contributed by atoms with E-state index in [-0.39, 0.29) is 0 Å². The molecular weight excluding hydrogens is 325 g/mol. The predicted molar refractivity (Wildman–Crippen MR) is 75.1 cm³/mol. The van der Waals surface area contributed by atoms with Crippen molar-refractivity contribution in [3.05, 3.63) is 57.2 Å². The summed E-state index contributed by atoms with van der Waals surface area (Å²) in [5.74, 6) is 1.38. The van der Waals surface area contributed by atoms with Crippen molar-refractivity contribution in [1.29, 1.82) is 5.26 Å². The van der Waals surface area contributed by atoms with Crippen molar-refractivity contribution in [2.24, 2.45) is 0 Å². The highest BCUT2D eigenvalue weighted by Crippen LogP contribution is 2.29. The average Bonchev–Trinajstić information content (AvgIpc) is 2.32. The molecule has 2 rings (SSSR count). The Morgan fingerprint density at radius 3 is 2.59 bits per heavy atom. The smallest absolute Gasteiger partial charge is 0.145 e. The lowest BCUT2D eigenvalue weighted by Crippen LogP contribution is -1.91. The fourth-order valence-corrected chi connectivity index (χ4v) is 1.95. The number of para-hydroxylation sites is 1. The lowest BCUT2D eigenvalue weighted by Gasteiger charge is -2.09. The molecule has 0 atom stereocenters. The first-order chi connectivity index (χ1) is 8.20. The van der Waals surface area contributed by atoms with Crippen molar-refractivity contribution in [3.8, 4) is 17.6 Å². The molecule has 3 heteroatoms. The molecule has 2 aromatic rings. The van der Waals surface area contributed by atoms with Crippen molar-refractivity contribution in [2.45, 2.75) is 6.92 Å². The molecule has 0 aliphatic heterocycles. The second kappa shape index (κ2) is 5.19. The van der Waals surface area contributed by atoms with Crippen LogP contribution in [-0.2, 0) is 0 Å². The van der Waals surface area contributed by atoms with E-state index < -0.39 is 0 Å². The summed E-state index contributed by atoms with van der Waals surface area (Å²) in [5, 5.41) is 9.02. The molecule has 0 aliphatic rings. The van der Waals surface area contributed by atoms with Crippen LogP contribution in [-0.4, -0.2) is 0 Å². The van der Waals surface area contributed by atoms with Crippen molar-refractivity contribution in [3.63, 3.8) is 0 Å². The summed E-state index contributed by atoms with van der Waals surface area (Å²) in [6.07, 6.45) is 0.